The van der Waals surface area contributed by atoms with Crippen molar-refractivity contribution < 1.29 is 9.90 Å². The first-order valence-corrected chi connectivity index (χ1v) is 5.67. The minimum atomic E-state index is -1.14. The van der Waals surface area contributed by atoms with E-state index in [9.17, 15) is 4.79 Å². The summed E-state index contributed by atoms with van der Waals surface area (Å²) in [5.74, 6) is -1.14. The minimum Gasteiger partial charge on any atom is -0.478 e. The molecule has 82 valence electrons. The van der Waals surface area contributed by atoms with Gasteiger partial charge in [-0.15, -0.1) is 16.4 Å². The number of carboxylic acids is 1. The SMILES string of the molecule is O=C(O)c1c(-c2ccc(Cl)s2)cnnc1Cl. The van der Waals surface area contributed by atoms with Crippen molar-refractivity contribution in [1.82, 2.24) is 10.2 Å². The monoisotopic (exact) mass is 274 g/mol. The molecule has 0 spiro atoms. The molecule has 0 aliphatic heterocycles. The Morgan fingerprint density at radius 3 is 2.69 bits per heavy atom. The van der Waals surface area contributed by atoms with E-state index in [1.165, 1.54) is 17.5 Å². The Morgan fingerprint density at radius 1 is 1.38 bits per heavy atom. The summed E-state index contributed by atoms with van der Waals surface area (Å²) in [6.07, 6.45) is 1.36. The highest BCUT2D eigenvalue weighted by Crippen LogP contribution is 2.34. The van der Waals surface area contributed by atoms with Crippen molar-refractivity contribution in [2.45, 2.75) is 0 Å². The fourth-order valence-electron chi connectivity index (χ4n) is 1.21. The van der Waals surface area contributed by atoms with E-state index in [1.807, 2.05) is 0 Å². The van der Waals surface area contributed by atoms with Crippen LogP contribution in [0.3, 0.4) is 0 Å². The summed E-state index contributed by atoms with van der Waals surface area (Å²) in [6, 6.07) is 3.40. The Kier molecular flexibility index (Phi) is 3.09. The Balaban J connectivity index is 2.65. The van der Waals surface area contributed by atoms with Crippen molar-refractivity contribution in [3.63, 3.8) is 0 Å². The zero-order valence-electron chi connectivity index (χ0n) is 7.65. The lowest BCUT2D eigenvalue weighted by Crippen LogP contribution is -2.03. The minimum absolute atomic E-state index is 0.0600. The van der Waals surface area contributed by atoms with Crippen LogP contribution < -0.4 is 0 Å². The molecule has 2 aromatic heterocycles. The maximum absolute atomic E-state index is 11.0. The summed E-state index contributed by atoms with van der Waals surface area (Å²) in [6.45, 7) is 0. The molecule has 16 heavy (non-hydrogen) atoms. The smallest absolute Gasteiger partial charge is 0.339 e. The molecule has 0 aliphatic rings. The van der Waals surface area contributed by atoms with Gasteiger partial charge in [0.1, 0.15) is 5.56 Å². The van der Waals surface area contributed by atoms with Gasteiger partial charge in [-0.1, -0.05) is 23.2 Å². The largest absolute Gasteiger partial charge is 0.478 e. The van der Waals surface area contributed by atoms with Gasteiger partial charge in [0, 0.05) is 10.4 Å². The van der Waals surface area contributed by atoms with E-state index >= 15 is 0 Å². The lowest BCUT2D eigenvalue weighted by molar-refractivity contribution is 0.0697. The Morgan fingerprint density at radius 2 is 2.12 bits per heavy atom. The lowest BCUT2D eigenvalue weighted by Gasteiger charge is -2.03. The number of nitrogens with zero attached hydrogens (tertiary/aromatic N) is 2. The predicted molar refractivity (Wildman–Crippen MR) is 62.3 cm³/mol. The number of rotatable bonds is 2. The second kappa shape index (κ2) is 4.37. The Labute approximate surface area is 104 Å². The quantitative estimate of drug-likeness (QED) is 0.914. The summed E-state index contributed by atoms with van der Waals surface area (Å²) in [5.41, 5.74) is 0.361. The van der Waals surface area contributed by atoms with E-state index in [0.717, 1.165) is 0 Å². The van der Waals surface area contributed by atoms with Gasteiger partial charge in [0.2, 0.25) is 0 Å². The highest BCUT2D eigenvalue weighted by Gasteiger charge is 2.18. The zero-order valence-corrected chi connectivity index (χ0v) is 9.97. The van der Waals surface area contributed by atoms with Gasteiger partial charge in [-0.05, 0) is 12.1 Å². The molecule has 1 N–H and O–H groups in total. The van der Waals surface area contributed by atoms with Crippen molar-refractivity contribution in [3.8, 4) is 10.4 Å². The van der Waals surface area contributed by atoms with E-state index in [4.69, 9.17) is 28.3 Å². The molecule has 0 bridgehead atoms. The molecule has 2 rings (SSSR count). The van der Waals surface area contributed by atoms with Gasteiger partial charge in [0.15, 0.2) is 5.15 Å². The molecule has 0 aliphatic carbocycles. The van der Waals surface area contributed by atoms with E-state index in [1.54, 1.807) is 12.1 Å². The summed E-state index contributed by atoms with van der Waals surface area (Å²) < 4.78 is 0.569. The molecule has 0 unspecified atom stereocenters. The molecule has 0 aromatic carbocycles. The van der Waals surface area contributed by atoms with Crippen molar-refractivity contribution >= 4 is 40.5 Å². The molecule has 0 fully saturated rings. The number of hydrogen-bond acceptors (Lipinski definition) is 4. The zero-order chi connectivity index (χ0) is 11.7. The number of aromatic nitrogens is 2. The summed E-state index contributed by atoms with van der Waals surface area (Å²) >= 11 is 12.7. The van der Waals surface area contributed by atoms with Crippen LogP contribution in [0.25, 0.3) is 10.4 Å². The third kappa shape index (κ3) is 2.02. The fourth-order valence-corrected chi connectivity index (χ4v) is 2.50. The Bertz CT molecular complexity index is 556. The maximum Gasteiger partial charge on any atom is 0.339 e. The predicted octanol–water partition coefficient (Wildman–Crippen LogP) is 3.21. The van der Waals surface area contributed by atoms with Gasteiger partial charge in [0.25, 0.3) is 0 Å². The van der Waals surface area contributed by atoms with Crippen LogP contribution in [0.4, 0.5) is 0 Å². The van der Waals surface area contributed by atoms with Crippen LogP contribution >= 0.6 is 34.5 Å². The Hall–Kier alpha value is -1.17. The highest BCUT2D eigenvalue weighted by molar-refractivity contribution is 7.19. The van der Waals surface area contributed by atoms with Crippen LogP contribution in [0.15, 0.2) is 18.3 Å². The van der Waals surface area contributed by atoms with Crippen LogP contribution in [0.5, 0.6) is 0 Å². The average Bonchev–Trinajstić information content (AvgIpc) is 2.63. The van der Waals surface area contributed by atoms with E-state index < -0.39 is 5.97 Å². The van der Waals surface area contributed by atoms with Crippen LogP contribution in [0, 0.1) is 0 Å². The van der Waals surface area contributed by atoms with Gasteiger partial charge in [-0.3, -0.25) is 0 Å². The molecular formula is C9H4Cl2N2O2S. The van der Waals surface area contributed by atoms with E-state index in [0.29, 0.717) is 14.8 Å². The van der Waals surface area contributed by atoms with Crippen molar-refractivity contribution in [1.29, 1.82) is 0 Å². The highest BCUT2D eigenvalue weighted by atomic mass is 35.5. The van der Waals surface area contributed by atoms with Crippen LogP contribution in [-0.2, 0) is 0 Å². The molecule has 7 heteroatoms. The van der Waals surface area contributed by atoms with Gasteiger partial charge >= 0.3 is 5.97 Å². The number of hydrogen-bond donors (Lipinski definition) is 1. The topological polar surface area (TPSA) is 63.1 Å². The third-order valence-electron chi connectivity index (χ3n) is 1.86. The summed E-state index contributed by atoms with van der Waals surface area (Å²) in [7, 11) is 0. The molecule has 4 nitrogen and oxygen atoms in total. The molecular weight excluding hydrogens is 271 g/mol. The number of thiophene rings is 1. The first kappa shape index (κ1) is 11.3. The van der Waals surface area contributed by atoms with Crippen LogP contribution in [-0.4, -0.2) is 21.3 Å². The first-order valence-electron chi connectivity index (χ1n) is 4.10. The van der Waals surface area contributed by atoms with Crippen LogP contribution in [0.2, 0.25) is 9.49 Å². The van der Waals surface area contributed by atoms with Crippen molar-refractivity contribution in [2.24, 2.45) is 0 Å². The van der Waals surface area contributed by atoms with E-state index in [2.05, 4.69) is 10.2 Å². The van der Waals surface area contributed by atoms with Crippen LogP contribution in [0.1, 0.15) is 10.4 Å². The van der Waals surface area contributed by atoms with Crippen molar-refractivity contribution in [2.75, 3.05) is 0 Å². The molecule has 0 amide bonds. The molecule has 0 saturated heterocycles. The fraction of sp³-hybridized carbons (Fsp3) is 0. The number of halogens is 2. The second-order valence-electron chi connectivity index (χ2n) is 2.83. The standard InChI is InChI=1S/C9H4Cl2N2O2S/c10-6-2-1-5(16-6)4-3-12-13-8(11)7(4)9(14)15/h1-3H,(H,14,15). The average molecular weight is 275 g/mol. The summed E-state index contributed by atoms with van der Waals surface area (Å²) in [4.78, 5) is 11.7. The lowest BCUT2D eigenvalue weighted by atomic mass is 10.1. The maximum atomic E-state index is 11.0. The van der Waals surface area contributed by atoms with Gasteiger partial charge in [-0.2, -0.15) is 5.10 Å². The normalized spacial score (nSPS) is 10.4. The molecule has 0 saturated carbocycles. The molecule has 2 heterocycles. The van der Waals surface area contributed by atoms with Crippen molar-refractivity contribution in [3.05, 3.63) is 33.4 Å². The third-order valence-corrected chi connectivity index (χ3v) is 3.39. The van der Waals surface area contributed by atoms with Gasteiger partial charge in [0.05, 0.1) is 10.5 Å². The number of aromatic carboxylic acids is 1. The van der Waals surface area contributed by atoms with E-state index in [-0.39, 0.29) is 10.7 Å². The molecule has 0 radical (unpaired) electrons. The van der Waals surface area contributed by atoms with Gasteiger partial charge in [-0.25, -0.2) is 4.79 Å². The summed E-state index contributed by atoms with van der Waals surface area (Å²) in [5, 5.41) is 16.0. The first-order chi connectivity index (χ1) is 7.59. The molecule has 0 atom stereocenters. The molecule has 2 aromatic rings. The number of carboxylic acid groups (broad SMARTS) is 1. The number of carbonyl (C=O) groups is 1. The second-order valence-corrected chi connectivity index (χ2v) is 4.91. The van der Waals surface area contributed by atoms with Gasteiger partial charge < -0.3 is 5.11 Å².